The van der Waals surface area contributed by atoms with Gasteiger partial charge in [-0.15, -0.1) is 0 Å². The third-order valence-electron chi connectivity index (χ3n) is 2.38. The van der Waals surface area contributed by atoms with E-state index in [1.165, 1.54) is 0 Å². The molecule has 0 spiro atoms. The molecule has 0 aromatic rings. The van der Waals surface area contributed by atoms with Crippen LogP contribution < -0.4 is 11.1 Å². The van der Waals surface area contributed by atoms with Crippen LogP contribution in [-0.4, -0.2) is 48.8 Å². The van der Waals surface area contributed by atoms with Gasteiger partial charge in [0.1, 0.15) is 5.54 Å². The van der Waals surface area contributed by atoms with Gasteiger partial charge < -0.3 is 21.3 Å². The van der Waals surface area contributed by atoms with Crippen molar-refractivity contribution in [3.05, 3.63) is 0 Å². The van der Waals surface area contributed by atoms with Crippen molar-refractivity contribution in [1.82, 2.24) is 5.32 Å². The summed E-state index contributed by atoms with van der Waals surface area (Å²) in [7, 11) is 5.34. The standard InChI is InChI=1S/C10H21BN2O3/c1-8(14)6-13-7-10(12,9(15)16)4-2-3-5-11/h8,13-14H,2-7,12H2,1H3,(H,15,16)/t8-,10?/m1/s1. The summed E-state index contributed by atoms with van der Waals surface area (Å²) in [6, 6.07) is 0. The number of carbonyl (C=O) groups is 1. The number of unbranched alkanes of at least 4 members (excludes halogenated alkanes) is 1. The molecule has 6 heteroatoms. The fraction of sp³-hybridized carbons (Fsp3) is 0.900. The zero-order chi connectivity index (χ0) is 12.6. The molecule has 5 nitrogen and oxygen atoms in total. The number of aliphatic hydroxyl groups excluding tert-OH is 1. The summed E-state index contributed by atoms with van der Waals surface area (Å²) in [6.45, 7) is 2.11. The first-order valence-corrected chi connectivity index (χ1v) is 5.53. The number of hydrogen-bond acceptors (Lipinski definition) is 4. The molecule has 92 valence electrons. The van der Waals surface area contributed by atoms with E-state index in [4.69, 9.17) is 23.8 Å². The maximum atomic E-state index is 11.0. The van der Waals surface area contributed by atoms with E-state index in [9.17, 15) is 4.79 Å². The van der Waals surface area contributed by atoms with Gasteiger partial charge in [-0.25, -0.2) is 0 Å². The molecule has 0 aliphatic carbocycles. The molecular formula is C10H21BN2O3. The highest BCUT2D eigenvalue weighted by molar-refractivity contribution is 6.08. The Morgan fingerprint density at radius 2 is 2.19 bits per heavy atom. The Morgan fingerprint density at radius 3 is 2.62 bits per heavy atom. The Bertz CT molecular complexity index is 214. The first-order chi connectivity index (χ1) is 7.42. The predicted octanol–water partition coefficient (Wildman–Crippen LogP) is -0.504. The lowest BCUT2D eigenvalue weighted by atomic mass is 9.90. The molecule has 16 heavy (non-hydrogen) atoms. The summed E-state index contributed by atoms with van der Waals surface area (Å²) in [6.07, 6.45) is 1.86. The third-order valence-corrected chi connectivity index (χ3v) is 2.38. The average molecular weight is 228 g/mol. The van der Waals surface area contributed by atoms with E-state index in [1.807, 2.05) is 0 Å². The van der Waals surface area contributed by atoms with Crippen LogP contribution in [-0.2, 0) is 4.79 Å². The molecule has 0 aliphatic rings. The molecule has 0 rings (SSSR count). The SMILES string of the molecule is [B]CCCCC(N)(CNC[C@@H](C)O)C(=O)O. The summed E-state index contributed by atoms with van der Waals surface area (Å²) in [5.41, 5.74) is 4.51. The highest BCUT2D eigenvalue weighted by atomic mass is 16.4. The van der Waals surface area contributed by atoms with E-state index in [0.29, 0.717) is 25.7 Å². The first kappa shape index (κ1) is 15.4. The second-order valence-electron chi connectivity index (χ2n) is 4.19. The zero-order valence-corrected chi connectivity index (χ0v) is 9.78. The minimum Gasteiger partial charge on any atom is -0.480 e. The highest BCUT2D eigenvalue weighted by Gasteiger charge is 2.32. The number of aliphatic carboxylic acids is 1. The first-order valence-electron chi connectivity index (χ1n) is 5.53. The largest absolute Gasteiger partial charge is 0.480 e. The van der Waals surface area contributed by atoms with Gasteiger partial charge in [-0.3, -0.25) is 4.79 Å². The van der Waals surface area contributed by atoms with Gasteiger partial charge in [0, 0.05) is 13.1 Å². The second-order valence-corrected chi connectivity index (χ2v) is 4.19. The maximum absolute atomic E-state index is 11.0. The van der Waals surface area contributed by atoms with Crippen molar-refractivity contribution in [2.75, 3.05) is 13.1 Å². The molecule has 5 N–H and O–H groups in total. The lowest BCUT2D eigenvalue weighted by Crippen LogP contribution is -2.55. The minimum atomic E-state index is -1.27. The molecule has 2 radical (unpaired) electrons. The van der Waals surface area contributed by atoms with E-state index < -0.39 is 17.6 Å². The van der Waals surface area contributed by atoms with Crippen LogP contribution in [0.5, 0.6) is 0 Å². The molecule has 0 aromatic carbocycles. The van der Waals surface area contributed by atoms with Gasteiger partial charge in [0.2, 0.25) is 0 Å². The molecule has 0 amide bonds. The molecule has 0 fully saturated rings. The van der Waals surface area contributed by atoms with Crippen LogP contribution in [0.1, 0.15) is 26.2 Å². The number of carboxylic acid groups (broad SMARTS) is 1. The van der Waals surface area contributed by atoms with Gasteiger partial charge in [-0.1, -0.05) is 19.2 Å². The Hall–Kier alpha value is -0.585. The molecule has 0 saturated heterocycles. The molecule has 2 atom stereocenters. The Balaban J connectivity index is 4.06. The summed E-state index contributed by atoms with van der Waals surface area (Å²) in [4.78, 5) is 11.0. The number of rotatable bonds is 9. The van der Waals surface area contributed by atoms with Crippen molar-refractivity contribution in [1.29, 1.82) is 0 Å². The zero-order valence-electron chi connectivity index (χ0n) is 9.78. The number of nitrogens with two attached hydrogens (primary N) is 1. The average Bonchev–Trinajstić information content (AvgIpc) is 2.17. The van der Waals surface area contributed by atoms with E-state index >= 15 is 0 Å². The fourth-order valence-electron chi connectivity index (χ4n) is 1.36. The Kier molecular flexibility index (Phi) is 7.37. The van der Waals surface area contributed by atoms with Crippen molar-refractivity contribution < 1.29 is 15.0 Å². The van der Waals surface area contributed by atoms with Gasteiger partial charge >= 0.3 is 5.97 Å². The molecule has 0 bridgehead atoms. The van der Waals surface area contributed by atoms with Gasteiger partial charge in [-0.2, -0.15) is 0 Å². The maximum Gasteiger partial charge on any atom is 0.325 e. The van der Waals surface area contributed by atoms with Crippen molar-refractivity contribution >= 4 is 13.8 Å². The van der Waals surface area contributed by atoms with Crippen molar-refractivity contribution in [2.45, 2.75) is 44.1 Å². The van der Waals surface area contributed by atoms with E-state index in [0.717, 1.165) is 6.42 Å². The molecule has 0 aliphatic heterocycles. The van der Waals surface area contributed by atoms with E-state index in [2.05, 4.69) is 5.32 Å². The highest BCUT2D eigenvalue weighted by Crippen LogP contribution is 2.12. The molecular weight excluding hydrogens is 207 g/mol. The van der Waals surface area contributed by atoms with E-state index in [-0.39, 0.29) is 6.54 Å². The molecule has 1 unspecified atom stereocenters. The van der Waals surface area contributed by atoms with Gasteiger partial charge in [0.05, 0.1) is 14.0 Å². The normalized spacial score (nSPS) is 16.7. The summed E-state index contributed by atoms with van der Waals surface area (Å²) in [5, 5.41) is 20.9. The second kappa shape index (κ2) is 7.65. The lowest BCUT2D eigenvalue weighted by molar-refractivity contribution is -0.143. The topological polar surface area (TPSA) is 95.6 Å². The summed E-state index contributed by atoms with van der Waals surface area (Å²) < 4.78 is 0. The molecule has 0 heterocycles. The van der Waals surface area contributed by atoms with Crippen LogP contribution in [0.4, 0.5) is 0 Å². The Labute approximate surface area is 97.8 Å². The van der Waals surface area contributed by atoms with E-state index in [1.54, 1.807) is 6.92 Å². The van der Waals surface area contributed by atoms with Crippen molar-refractivity contribution in [2.24, 2.45) is 5.73 Å². The van der Waals surface area contributed by atoms with Gasteiger partial charge in [0.25, 0.3) is 0 Å². The van der Waals surface area contributed by atoms with Crippen molar-refractivity contribution in [3.8, 4) is 0 Å². The fourth-order valence-corrected chi connectivity index (χ4v) is 1.36. The number of nitrogens with one attached hydrogen (secondary N) is 1. The predicted molar refractivity (Wildman–Crippen MR) is 63.5 cm³/mol. The Morgan fingerprint density at radius 1 is 1.56 bits per heavy atom. The van der Waals surface area contributed by atoms with Crippen LogP contribution in [0.3, 0.4) is 0 Å². The quantitative estimate of drug-likeness (QED) is 0.315. The van der Waals surface area contributed by atoms with Crippen LogP contribution in [0.15, 0.2) is 0 Å². The summed E-state index contributed by atoms with van der Waals surface area (Å²) in [5.74, 6) is -1.03. The monoisotopic (exact) mass is 228 g/mol. The van der Waals surface area contributed by atoms with Crippen LogP contribution in [0.25, 0.3) is 0 Å². The van der Waals surface area contributed by atoms with Gasteiger partial charge in [0.15, 0.2) is 0 Å². The molecule has 0 aromatic heterocycles. The van der Waals surface area contributed by atoms with Crippen LogP contribution >= 0.6 is 0 Å². The number of carboxylic acids is 1. The molecule has 0 saturated carbocycles. The smallest absolute Gasteiger partial charge is 0.325 e. The van der Waals surface area contributed by atoms with Crippen LogP contribution in [0.2, 0.25) is 6.32 Å². The third kappa shape index (κ3) is 6.10. The van der Waals surface area contributed by atoms with Crippen molar-refractivity contribution in [3.63, 3.8) is 0 Å². The number of hydrogen-bond donors (Lipinski definition) is 4. The lowest BCUT2D eigenvalue weighted by Gasteiger charge is -2.25. The minimum absolute atomic E-state index is 0.151. The number of aliphatic hydroxyl groups is 1. The summed E-state index contributed by atoms with van der Waals surface area (Å²) >= 11 is 0. The van der Waals surface area contributed by atoms with Gasteiger partial charge in [-0.05, 0) is 13.3 Å². The van der Waals surface area contributed by atoms with Crippen LogP contribution in [0, 0.1) is 0 Å².